The van der Waals surface area contributed by atoms with E-state index < -0.39 is 5.41 Å². The summed E-state index contributed by atoms with van der Waals surface area (Å²) in [6.45, 7) is 2.30. The molecular formula is C25H27N3O2. The number of pyridine rings is 1. The van der Waals surface area contributed by atoms with Crippen molar-refractivity contribution in [2.24, 2.45) is 11.1 Å². The third-order valence-electron chi connectivity index (χ3n) is 5.98. The summed E-state index contributed by atoms with van der Waals surface area (Å²) in [6, 6.07) is 20.4. The van der Waals surface area contributed by atoms with Gasteiger partial charge in [0, 0.05) is 25.5 Å². The van der Waals surface area contributed by atoms with Crippen LogP contribution in [0.25, 0.3) is 11.1 Å². The largest absolute Gasteiger partial charge is 0.497 e. The van der Waals surface area contributed by atoms with E-state index in [0.29, 0.717) is 13.0 Å². The minimum absolute atomic E-state index is 0.218. The quantitative estimate of drug-likeness (QED) is 0.656. The van der Waals surface area contributed by atoms with Crippen molar-refractivity contribution in [1.82, 2.24) is 9.88 Å². The summed E-state index contributed by atoms with van der Waals surface area (Å²) in [5.74, 6) is 0.630. The van der Waals surface area contributed by atoms with Gasteiger partial charge in [0.1, 0.15) is 5.75 Å². The summed E-state index contributed by atoms with van der Waals surface area (Å²) in [6.07, 6.45) is 5.00. The van der Waals surface area contributed by atoms with Gasteiger partial charge in [0.05, 0.1) is 12.5 Å². The van der Waals surface area contributed by atoms with Gasteiger partial charge < -0.3 is 10.5 Å². The number of hydrogen-bond donors (Lipinski definition) is 1. The second kappa shape index (κ2) is 8.67. The van der Waals surface area contributed by atoms with Crippen LogP contribution >= 0.6 is 0 Å². The van der Waals surface area contributed by atoms with Crippen molar-refractivity contribution in [3.63, 3.8) is 0 Å². The number of aromatic nitrogens is 1. The molecule has 1 atom stereocenters. The number of carbonyl (C=O) groups excluding carboxylic acids is 1. The maximum absolute atomic E-state index is 12.5. The first-order valence-electron chi connectivity index (χ1n) is 10.2. The molecule has 0 spiro atoms. The molecule has 30 heavy (non-hydrogen) atoms. The van der Waals surface area contributed by atoms with Crippen molar-refractivity contribution in [2.45, 2.75) is 19.4 Å². The lowest BCUT2D eigenvalue weighted by Crippen LogP contribution is -2.41. The minimum atomic E-state index is -0.546. The lowest BCUT2D eigenvalue weighted by atomic mass is 9.79. The van der Waals surface area contributed by atoms with Gasteiger partial charge in [0.15, 0.2) is 0 Å². The van der Waals surface area contributed by atoms with Gasteiger partial charge in [-0.2, -0.15) is 0 Å². The minimum Gasteiger partial charge on any atom is -0.497 e. The summed E-state index contributed by atoms with van der Waals surface area (Å²) >= 11 is 0. The molecule has 2 N–H and O–H groups in total. The Bertz CT molecular complexity index is 1020. The van der Waals surface area contributed by atoms with Crippen LogP contribution in [0.3, 0.4) is 0 Å². The molecule has 1 saturated heterocycles. The second-order valence-electron chi connectivity index (χ2n) is 8.07. The fourth-order valence-electron chi connectivity index (χ4n) is 4.35. The van der Waals surface area contributed by atoms with E-state index in [1.807, 2.05) is 36.4 Å². The van der Waals surface area contributed by atoms with Crippen molar-refractivity contribution in [2.75, 3.05) is 20.2 Å². The average Bonchev–Trinajstić information content (AvgIpc) is 3.18. The van der Waals surface area contributed by atoms with Crippen LogP contribution in [0.2, 0.25) is 0 Å². The Balaban J connectivity index is 1.51. The van der Waals surface area contributed by atoms with Crippen LogP contribution in [0.15, 0.2) is 73.1 Å². The molecule has 0 bridgehead atoms. The van der Waals surface area contributed by atoms with Gasteiger partial charge in [-0.1, -0.05) is 36.4 Å². The molecule has 2 heterocycles. The van der Waals surface area contributed by atoms with Crippen molar-refractivity contribution >= 4 is 5.91 Å². The van der Waals surface area contributed by atoms with E-state index >= 15 is 0 Å². The Kier molecular flexibility index (Phi) is 5.81. The van der Waals surface area contributed by atoms with Crippen LogP contribution in [0.4, 0.5) is 0 Å². The maximum Gasteiger partial charge on any atom is 0.225 e. The first kappa shape index (κ1) is 20.1. The molecule has 5 nitrogen and oxygen atoms in total. The number of benzene rings is 2. The van der Waals surface area contributed by atoms with E-state index in [-0.39, 0.29) is 5.91 Å². The SMILES string of the molecule is COc1cccc(CN2CC[C@@](Cc3cccc(-c4ccncc4)c3)(C(N)=O)C2)c1. The summed E-state index contributed by atoms with van der Waals surface area (Å²) in [5.41, 5.74) is 9.94. The molecule has 1 amide bonds. The normalized spacial score (nSPS) is 19.0. The fraction of sp³-hybridized carbons (Fsp3) is 0.280. The third kappa shape index (κ3) is 4.36. The molecule has 1 aliphatic heterocycles. The summed E-state index contributed by atoms with van der Waals surface area (Å²) < 4.78 is 5.33. The van der Waals surface area contributed by atoms with Crippen LogP contribution in [-0.2, 0) is 17.8 Å². The molecule has 0 aliphatic carbocycles. The van der Waals surface area contributed by atoms with Gasteiger partial charge >= 0.3 is 0 Å². The lowest BCUT2D eigenvalue weighted by Gasteiger charge is -2.26. The lowest BCUT2D eigenvalue weighted by molar-refractivity contribution is -0.127. The molecule has 3 aromatic rings. The van der Waals surface area contributed by atoms with Gasteiger partial charge in [-0.3, -0.25) is 14.7 Å². The predicted molar refractivity (Wildman–Crippen MR) is 118 cm³/mol. The van der Waals surface area contributed by atoms with E-state index in [2.05, 4.69) is 34.1 Å². The average molecular weight is 402 g/mol. The van der Waals surface area contributed by atoms with Crippen LogP contribution in [0.5, 0.6) is 5.75 Å². The van der Waals surface area contributed by atoms with Gasteiger partial charge in [-0.25, -0.2) is 0 Å². The number of rotatable bonds is 7. The van der Waals surface area contributed by atoms with E-state index in [9.17, 15) is 4.79 Å². The van der Waals surface area contributed by atoms with Crippen LogP contribution in [-0.4, -0.2) is 36.0 Å². The standard InChI is InChI=1S/C25H27N3O2/c1-30-23-7-3-5-20(15-23)17-28-13-10-25(18-28,24(26)29)16-19-4-2-6-22(14-19)21-8-11-27-12-9-21/h2-9,11-12,14-15H,10,13,16-18H2,1H3,(H2,26,29)/t25-/m0/s1. The van der Waals surface area contributed by atoms with Crippen LogP contribution in [0.1, 0.15) is 17.5 Å². The monoisotopic (exact) mass is 401 g/mol. The first-order valence-corrected chi connectivity index (χ1v) is 10.2. The Labute approximate surface area is 177 Å². The van der Waals surface area contributed by atoms with Gasteiger partial charge in [0.2, 0.25) is 5.91 Å². The Morgan fingerprint density at radius 3 is 2.60 bits per heavy atom. The third-order valence-corrected chi connectivity index (χ3v) is 5.98. The molecule has 1 fully saturated rings. The molecule has 2 aromatic carbocycles. The number of ether oxygens (including phenoxy) is 1. The number of hydrogen-bond acceptors (Lipinski definition) is 4. The fourth-order valence-corrected chi connectivity index (χ4v) is 4.35. The topological polar surface area (TPSA) is 68.4 Å². The van der Waals surface area contributed by atoms with E-state index in [4.69, 9.17) is 10.5 Å². The number of carbonyl (C=O) groups is 1. The Hall–Kier alpha value is -3.18. The van der Waals surface area contributed by atoms with Gasteiger partial charge in [0.25, 0.3) is 0 Å². The van der Waals surface area contributed by atoms with Crippen molar-refractivity contribution < 1.29 is 9.53 Å². The highest BCUT2D eigenvalue weighted by atomic mass is 16.5. The smallest absolute Gasteiger partial charge is 0.225 e. The van der Waals surface area contributed by atoms with Crippen molar-refractivity contribution in [3.8, 4) is 16.9 Å². The second-order valence-corrected chi connectivity index (χ2v) is 8.07. The molecule has 0 radical (unpaired) electrons. The predicted octanol–water partition coefficient (Wildman–Crippen LogP) is 3.68. The number of amides is 1. The zero-order valence-electron chi connectivity index (χ0n) is 17.3. The van der Waals surface area contributed by atoms with Crippen LogP contribution in [0, 0.1) is 5.41 Å². The number of primary amides is 1. The summed E-state index contributed by atoms with van der Waals surface area (Å²) in [5, 5.41) is 0. The zero-order valence-corrected chi connectivity index (χ0v) is 17.3. The Morgan fingerprint density at radius 1 is 1.07 bits per heavy atom. The highest BCUT2D eigenvalue weighted by molar-refractivity contribution is 5.82. The number of methoxy groups -OCH3 is 1. The van der Waals surface area contributed by atoms with Gasteiger partial charge in [-0.15, -0.1) is 0 Å². The molecule has 4 rings (SSSR count). The van der Waals surface area contributed by atoms with E-state index in [1.165, 1.54) is 5.56 Å². The van der Waals surface area contributed by atoms with Gasteiger partial charge in [-0.05, 0) is 65.9 Å². The summed E-state index contributed by atoms with van der Waals surface area (Å²) in [4.78, 5) is 18.9. The highest BCUT2D eigenvalue weighted by Crippen LogP contribution is 2.36. The van der Waals surface area contributed by atoms with Crippen LogP contribution < -0.4 is 10.5 Å². The molecule has 0 unspecified atom stereocenters. The molecule has 1 aromatic heterocycles. The molecule has 1 aliphatic rings. The maximum atomic E-state index is 12.5. The van der Waals surface area contributed by atoms with E-state index in [1.54, 1.807) is 19.5 Å². The molecule has 0 saturated carbocycles. The zero-order chi connectivity index (χ0) is 21.0. The molecule has 5 heteroatoms. The highest BCUT2D eigenvalue weighted by Gasteiger charge is 2.43. The number of nitrogens with zero attached hydrogens (tertiary/aromatic N) is 2. The first-order chi connectivity index (χ1) is 14.6. The molecule has 154 valence electrons. The molecular weight excluding hydrogens is 374 g/mol. The van der Waals surface area contributed by atoms with E-state index in [0.717, 1.165) is 42.0 Å². The van der Waals surface area contributed by atoms with Crippen molar-refractivity contribution in [3.05, 3.63) is 84.2 Å². The number of likely N-dealkylation sites (tertiary alicyclic amines) is 1. The number of nitrogens with two attached hydrogens (primary N) is 1. The summed E-state index contributed by atoms with van der Waals surface area (Å²) in [7, 11) is 1.67. The van der Waals surface area contributed by atoms with Crippen molar-refractivity contribution in [1.29, 1.82) is 0 Å². The Morgan fingerprint density at radius 2 is 1.83 bits per heavy atom.